The van der Waals surface area contributed by atoms with E-state index in [0.29, 0.717) is 35.7 Å². The third-order valence-electron chi connectivity index (χ3n) is 5.19. The molecule has 4 N–H and O–H groups in total. The van der Waals surface area contributed by atoms with Crippen LogP contribution in [0.2, 0.25) is 0 Å². The molecule has 1 fully saturated rings. The summed E-state index contributed by atoms with van der Waals surface area (Å²) in [5.41, 5.74) is 8.57. The monoisotopic (exact) mass is 390 g/mol. The molecule has 1 amide bonds. The molecule has 3 heterocycles. The zero-order valence-electron chi connectivity index (χ0n) is 15.9. The lowest BCUT2D eigenvalue weighted by atomic mass is 10.0. The molecular weight excluding hydrogens is 368 g/mol. The predicted molar refractivity (Wildman–Crippen MR) is 113 cm³/mol. The van der Waals surface area contributed by atoms with E-state index in [9.17, 15) is 9.90 Å². The van der Waals surface area contributed by atoms with Crippen LogP contribution in [0.5, 0.6) is 0 Å². The molecular formula is C21H22N6O2. The first-order chi connectivity index (χ1) is 14.1. The fraction of sp³-hybridized carbons (Fsp3) is 0.286. The molecule has 1 saturated carbocycles. The van der Waals surface area contributed by atoms with Gasteiger partial charge in [-0.1, -0.05) is 0 Å². The molecule has 0 spiro atoms. The third-order valence-corrected chi connectivity index (χ3v) is 5.19. The van der Waals surface area contributed by atoms with Crippen molar-refractivity contribution in [3.05, 3.63) is 42.4 Å². The molecule has 0 aromatic carbocycles. The van der Waals surface area contributed by atoms with Gasteiger partial charge in [-0.05, 0) is 54.6 Å². The van der Waals surface area contributed by atoms with E-state index in [1.807, 2.05) is 12.1 Å². The fourth-order valence-electron chi connectivity index (χ4n) is 3.53. The highest BCUT2D eigenvalue weighted by atomic mass is 16.3. The van der Waals surface area contributed by atoms with Crippen molar-refractivity contribution >= 4 is 35.0 Å². The van der Waals surface area contributed by atoms with Gasteiger partial charge in [-0.25, -0.2) is 9.97 Å². The van der Waals surface area contributed by atoms with Crippen LogP contribution in [-0.4, -0.2) is 45.8 Å². The highest BCUT2D eigenvalue weighted by Crippen LogP contribution is 2.39. The number of hydrogen-bond acceptors (Lipinski definition) is 7. The van der Waals surface area contributed by atoms with Crippen molar-refractivity contribution in [3.8, 4) is 11.3 Å². The Morgan fingerprint density at radius 3 is 3.03 bits per heavy atom. The Morgan fingerprint density at radius 1 is 1.38 bits per heavy atom. The molecule has 4 rings (SSSR count). The summed E-state index contributed by atoms with van der Waals surface area (Å²) in [5.74, 6) is 1.01. The smallest absolute Gasteiger partial charge is 0.228 e. The van der Waals surface area contributed by atoms with E-state index < -0.39 is 0 Å². The van der Waals surface area contributed by atoms with Crippen LogP contribution in [-0.2, 0) is 11.2 Å². The molecule has 0 aliphatic heterocycles. The summed E-state index contributed by atoms with van der Waals surface area (Å²) in [6, 6.07) is 5.54. The molecule has 8 nitrogen and oxygen atoms in total. The van der Waals surface area contributed by atoms with E-state index in [0.717, 1.165) is 22.9 Å². The Balaban J connectivity index is 1.64. The Bertz CT molecular complexity index is 1080. The lowest BCUT2D eigenvalue weighted by molar-refractivity contribution is -0.117. The number of carbonyl (C=O) groups is 1. The van der Waals surface area contributed by atoms with Crippen molar-refractivity contribution in [2.75, 3.05) is 24.2 Å². The summed E-state index contributed by atoms with van der Waals surface area (Å²) in [4.78, 5) is 29.2. The first-order valence-corrected chi connectivity index (χ1v) is 9.44. The molecule has 0 radical (unpaired) electrons. The van der Waals surface area contributed by atoms with Crippen molar-refractivity contribution in [3.63, 3.8) is 0 Å². The van der Waals surface area contributed by atoms with Gasteiger partial charge in [0, 0.05) is 48.6 Å². The summed E-state index contributed by atoms with van der Waals surface area (Å²) in [6.07, 6.45) is 6.34. The topological polar surface area (TPSA) is 126 Å². The number of amides is 1. The van der Waals surface area contributed by atoms with Crippen molar-refractivity contribution in [2.24, 2.45) is 16.8 Å². The van der Waals surface area contributed by atoms with Gasteiger partial charge in [0.2, 0.25) is 5.91 Å². The number of nitrogen functional groups attached to an aromatic ring is 1. The van der Waals surface area contributed by atoms with E-state index >= 15 is 0 Å². The van der Waals surface area contributed by atoms with Crippen LogP contribution in [0, 0.1) is 11.8 Å². The Morgan fingerprint density at radius 2 is 2.24 bits per heavy atom. The van der Waals surface area contributed by atoms with Gasteiger partial charge in [-0.15, -0.1) is 0 Å². The van der Waals surface area contributed by atoms with Crippen molar-refractivity contribution < 1.29 is 9.90 Å². The first kappa shape index (κ1) is 18.9. The Hall–Kier alpha value is -3.39. The summed E-state index contributed by atoms with van der Waals surface area (Å²) < 4.78 is 0. The lowest BCUT2D eigenvalue weighted by Crippen LogP contribution is -2.16. The number of fused-ring (bicyclic) bond motifs is 1. The predicted octanol–water partition coefficient (Wildman–Crippen LogP) is 2.08. The minimum atomic E-state index is -0.0507. The number of hydrogen-bond donors (Lipinski definition) is 3. The summed E-state index contributed by atoms with van der Waals surface area (Å²) in [6.45, 7) is 4.12. The number of nitrogens with one attached hydrogen (secondary N) is 1. The van der Waals surface area contributed by atoms with Crippen LogP contribution in [0.4, 0.5) is 11.6 Å². The van der Waals surface area contributed by atoms with Crippen molar-refractivity contribution in [2.45, 2.75) is 12.8 Å². The molecule has 3 aromatic rings. The van der Waals surface area contributed by atoms with Crippen molar-refractivity contribution in [1.82, 2.24) is 15.0 Å². The zero-order valence-corrected chi connectivity index (χ0v) is 15.9. The molecule has 0 bridgehead atoms. The molecule has 29 heavy (non-hydrogen) atoms. The van der Waals surface area contributed by atoms with E-state index in [-0.39, 0.29) is 24.3 Å². The van der Waals surface area contributed by atoms with Gasteiger partial charge >= 0.3 is 0 Å². The van der Waals surface area contributed by atoms with Crippen LogP contribution in [0.25, 0.3) is 22.0 Å². The zero-order chi connectivity index (χ0) is 20.4. The second kappa shape index (κ2) is 7.92. The number of pyridine rings is 3. The average molecular weight is 390 g/mol. The third kappa shape index (κ3) is 3.93. The fourth-order valence-corrected chi connectivity index (χ4v) is 3.53. The standard InChI is InChI=1S/C21H22N6O2/c1-23-9-14-6-15(14)21(29)27-19-8-13-7-18(26-20(22)17(13)11-25-19)16-10-24-4-2-12(16)3-5-28/h2,4,7-8,10-11,14-15,28H,1,3,5-6,9H2,(H2,22,26)(H,25,27,29)/t14-,15+/m1/s1. The maximum absolute atomic E-state index is 12.4. The van der Waals surface area contributed by atoms with Gasteiger partial charge < -0.3 is 21.1 Å². The number of aromatic nitrogens is 3. The van der Waals surface area contributed by atoms with Gasteiger partial charge in [0.15, 0.2) is 0 Å². The minimum absolute atomic E-state index is 0.0315. The summed E-state index contributed by atoms with van der Waals surface area (Å²) in [7, 11) is 0. The Labute approximate surface area is 167 Å². The number of carbonyl (C=O) groups excluding carboxylic acids is 1. The summed E-state index contributed by atoms with van der Waals surface area (Å²) in [5, 5.41) is 13.7. The van der Waals surface area contributed by atoms with Gasteiger partial charge in [0.25, 0.3) is 0 Å². The van der Waals surface area contributed by atoms with E-state index in [2.05, 4.69) is 32.0 Å². The number of aliphatic hydroxyl groups excluding tert-OH is 1. The van der Waals surface area contributed by atoms with Crippen LogP contribution in [0.15, 0.2) is 41.8 Å². The Kier molecular flexibility index (Phi) is 5.18. The van der Waals surface area contributed by atoms with Gasteiger partial charge in [-0.2, -0.15) is 0 Å². The van der Waals surface area contributed by atoms with E-state index in [4.69, 9.17) is 5.73 Å². The molecule has 2 atom stereocenters. The molecule has 148 valence electrons. The number of nitrogens with two attached hydrogens (primary N) is 1. The van der Waals surface area contributed by atoms with Crippen molar-refractivity contribution in [1.29, 1.82) is 0 Å². The second-order valence-electron chi connectivity index (χ2n) is 7.19. The number of aliphatic imine (C=N–C) groups is 1. The molecule has 8 heteroatoms. The average Bonchev–Trinajstić information content (AvgIpc) is 3.48. The minimum Gasteiger partial charge on any atom is -0.396 e. The number of anilines is 2. The number of aliphatic hydroxyl groups is 1. The summed E-state index contributed by atoms with van der Waals surface area (Å²) >= 11 is 0. The SMILES string of the molecule is C=NC[C@H]1C[C@@H]1C(=O)Nc1cc2cc(-c3cnccc3CCO)nc(N)c2cn1. The van der Waals surface area contributed by atoms with Crippen LogP contribution in [0.3, 0.4) is 0 Å². The first-order valence-electron chi connectivity index (χ1n) is 9.44. The number of rotatable bonds is 7. The second-order valence-corrected chi connectivity index (χ2v) is 7.19. The molecule has 0 saturated heterocycles. The van der Waals surface area contributed by atoms with Crippen LogP contribution < -0.4 is 11.1 Å². The van der Waals surface area contributed by atoms with Crippen LogP contribution >= 0.6 is 0 Å². The normalized spacial score (nSPS) is 17.8. The lowest BCUT2D eigenvalue weighted by Gasteiger charge is -2.11. The van der Waals surface area contributed by atoms with E-state index in [1.165, 1.54) is 0 Å². The molecule has 1 aliphatic rings. The van der Waals surface area contributed by atoms with Gasteiger partial charge in [-0.3, -0.25) is 9.78 Å². The number of nitrogens with zero attached hydrogens (tertiary/aromatic N) is 4. The maximum atomic E-state index is 12.4. The van der Waals surface area contributed by atoms with Gasteiger partial charge in [0.05, 0.1) is 5.69 Å². The highest BCUT2D eigenvalue weighted by molar-refractivity contribution is 5.98. The molecule has 3 aromatic heterocycles. The van der Waals surface area contributed by atoms with Crippen LogP contribution in [0.1, 0.15) is 12.0 Å². The quantitative estimate of drug-likeness (QED) is 0.530. The maximum Gasteiger partial charge on any atom is 0.228 e. The van der Waals surface area contributed by atoms with E-state index in [1.54, 1.807) is 24.7 Å². The molecule has 0 unspecified atom stereocenters. The van der Waals surface area contributed by atoms with Gasteiger partial charge in [0.1, 0.15) is 11.6 Å². The largest absolute Gasteiger partial charge is 0.396 e. The molecule has 1 aliphatic carbocycles. The highest BCUT2D eigenvalue weighted by Gasteiger charge is 2.42.